The van der Waals surface area contributed by atoms with Gasteiger partial charge in [0.1, 0.15) is 0 Å². The summed E-state index contributed by atoms with van der Waals surface area (Å²) in [5, 5.41) is 0. The summed E-state index contributed by atoms with van der Waals surface area (Å²) in [7, 11) is 2.11. The van der Waals surface area contributed by atoms with Gasteiger partial charge in [-0.3, -0.25) is 4.90 Å². The van der Waals surface area contributed by atoms with E-state index in [1.807, 2.05) is 12.1 Å². The van der Waals surface area contributed by atoms with Crippen LogP contribution in [0.3, 0.4) is 0 Å². The number of guanidine groups is 1. The lowest BCUT2D eigenvalue weighted by Gasteiger charge is -2.22. The van der Waals surface area contributed by atoms with Crippen molar-refractivity contribution in [1.82, 2.24) is 4.90 Å². The van der Waals surface area contributed by atoms with Crippen molar-refractivity contribution < 1.29 is 0 Å². The van der Waals surface area contributed by atoms with Crippen LogP contribution in [0.4, 0.5) is 0 Å². The molecule has 0 unspecified atom stereocenters. The Morgan fingerprint density at radius 2 is 1.82 bits per heavy atom. The number of hydrogen-bond donors (Lipinski definition) is 2. The lowest BCUT2D eigenvalue weighted by molar-refractivity contribution is 0.265. The molecule has 4 heteroatoms. The minimum Gasteiger partial charge on any atom is -0.370 e. The Morgan fingerprint density at radius 1 is 1.24 bits per heavy atom. The summed E-state index contributed by atoms with van der Waals surface area (Å²) in [6, 6.07) is 8.76. The molecular weight excluding hydrogens is 212 g/mol. The normalized spacial score (nSPS) is 10.9. The minimum atomic E-state index is 0.136. The topological polar surface area (TPSA) is 67.6 Å². The Labute approximate surface area is 103 Å². The molecule has 1 aromatic rings. The number of rotatable bonds is 5. The van der Waals surface area contributed by atoms with Crippen LogP contribution in [0, 0.1) is 0 Å². The Balaban J connectivity index is 2.81. The molecular formula is C13H22N4. The molecule has 0 aromatic heterocycles. The number of hydrogen-bond acceptors (Lipinski definition) is 2. The largest absolute Gasteiger partial charge is 0.370 e. The molecule has 0 aliphatic carbocycles. The van der Waals surface area contributed by atoms with E-state index < -0.39 is 0 Å². The molecule has 94 valence electrons. The van der Waals surface area contributed by atoms with Gasteiger partial charge in [0.25, 0.3) is 0 Å². The van der Waals surface area contributed by atoms with Gasteiger partial charge in [-0.1, -0.05) is 24.3 Å². The van der Waals surface area contributed by atoms with Crippen LogP contribution in [-0.4, -0.2) is 23.9 Å². The quantitative estimate of drug-likeness (QED) is 0.596. The van der Waals surface area contributed by atoms with Crippen molar-refractivity contribution in [1.29, 1.82) is 0 Å². The van der Waals surface area contributed by atoms with Gasteiger partial charge in [-0.05, 0) is 32.0 Å². The summed E-state index contributed by atoms with van der Waals surface area (Å²) < 4.78 is 0. The molecule has 4 nitrogen and oxygen atoms in total. The fourth-order valence-electron chi connectivity index (χ4n) is 1.49. The molecule has 0 saturated carbocycles. The van der Waals surface area contributed by atoms with E-state index >= 15 is 0 Å². The Kier molecular flexibility index (Phi) is 4.97. The first kappa shape index (κ1) is 13.5. The van der Waals surface area contributed by atoms with Gasteiger partial charge in [0.05, 0.1) is 6.54 Å². The highest BCUT2D eigenvalue weighted by molar-refractivity contribution is 5.75. The first-order valence-electron chi connectivity index (χ1n) is 5.83. The van der Waals surface area contributed by atoms with Crippen molar-refractivity contribution in [3.05, 3.63) is 35.4 Å². The monoisotopic (exact) mass is 234 g/mol. The fourth-order valence-corrected chi connectivity index (χ4v) is 1.49. The van der Waals surface area contributed by atoms with E-state index in [2.05, 4.69) is 42.9 Å². The number of nitrogens with two attached hydrogens (primary N) is 2. The van der Waals surface area contributed by atoms with Crippen molar-refractivity contribution in [2.45, 2.75) is 33.0 Å². The standard InChI is InChI=1S/C13H22N4/c1-10(2)17(3)9-12-7-5-4-6-11(12)8-16-13(14)15/h4-7,10H,8-9H2,1-3H3,(H4,14,15,16). The van der Waals surface area contributed by atoms with Gasteiger partial charge < -0.3 is 11.5 Å². The number of aliphatic imine (C=N–C) groups is 1. The first-order valence-corrected chi connectivity index (χ1v) is 5.83. The van der Waals surface area contributed by atoms with Crippen LogP contribution in [-0.2, 0) is 13.1 Å². The van der Waals surface area contributed by atoms with E-state index in [0.29, 0.717) is 12.6 Å². The van der Waals surface area contributed by atoms with Crippen molar-refractivity contribution in [3.8, 4) is 0 Å². The van der Waals surface area contributed by atoms with Crippen molar-refractivity contribution >= 4 is 5.96 Å². The van der Waals surface area contributed by atoms with Crippen LogP contribution in [0.1, 0.15) is 25.0 Å². The highest BCUT2D eigenvalue weighted by atomic mass is 15.1. The van der Waals surface area contributed by atoms with E-state index in [1.54, 1.807) is 0 Å². The molecule has 1 aromatic carbocycles. The van der Waals surface area contributed by atoms with E-state index in [-0.39, 0.29) is 5.96 Å². The molecule has 0 spiro atoms. The highest BCUT2D eigenvalue weighted by Gasteiger charge is 2.07. The third-order valence-electron chi connectivity index (χ3n) is 2.85. The molecule has 0 heterocycles. The van der Waals surface area contributed by atoms with Gasteiger partial charge in [0, 0.05) is 12.6 Å². The Hall–Kier alpha value is -1.55. The zero-order valence-corrected chi connectivity index (χ0v) is 10.9. The number of benzene rings is 1. The van der Waals surface area contributed by atoms with E-state index in [1.165, 1.54) is 11.1 Å². The third kappa shape index (κ3) is 4.44. The second kappa shape index (κ2) is 6.25. The second-order valence-electron chi connectivity index (χ2n) is 4.52. The molecule has 17 heavy (non-hydrogen) atoms. The molecule has 0 aliphatic heterocycles. The van der Waals surface area contributed by atoms with Crippen LogP contribution < -0.4 is 11.5 Å². The Bertz CT molecular complexity index is 381. The highest BCUT2D eigenvalue weighted by Crippen LogP contribution is 2.13. The summed E-state index contributed by atoms with van der Waals surface area (Å²) in [5.41, 5.74) is 13.2. The summed E-state index contributed by atoms with van der Waals surface area (Å²) in [5.74, 6) is 0.136. The SMILES string of the molecule is CC(C)N(C)Cc1ccccc1CN=C(N)N. The van der Waals surface area contributed by atoms with Crippen LogP contribution in [0.25, 0.3) is 0 Å². The number of nitrogens with zero attached hydrogens (tertiary/aromatic N) is 2. The van der Waals surface area contributed by atoms with E-state index in [9.17, 15) is 0 Å². The zero-order chi connectivity index (χ0) is 12.8. The van der Waals surface area contributed by atoms with Crippen molar-refractivity contribution in [3.63, 3.8) is 0 Å². The van der Waals surface area contributed by atoms with Crippen molar-refractivity contribution in [2.75, 3.05) is 7.05 Å². The predicted molar refractivity (Wildman–Crippen MR) is 72.6 cm³/mol. The van der Waals surface area contributed by atoms with Crippen LogP contribution in [0.2, 0.25) is 0 Å². The van der Waals surface area contributed by atoms with E-state index in [0.717, 1.165) is 6.54 Å². The molecule has 0 fully saturated rings. The van der Waals surface area contributed by atoms with Gasteiger partial charge in [-0.15, -0.1) is 0 Å². The van der Waals surface area contributed by atoms with Gasteiger partial charge in [-0.2, -0.15) is 0 Å². The van der Waals surface area contributed by atoms with Crippen LogP contribution in [0.5, 0.6) is 0 Å². The molecule has 0 aliphatic rings. The average Bonchev–Trinajstić information content (AvgIpc) is 2.27. The zero-order valence-electron chi connectivity index (χ0n) is 10.9. The van der Waals surface area contributed by atoms with Crippen LogP contribution in [0.15, 0.2) is 29.3 Å². The summed E-state index contributed by atoms with van der Waals surface area (Å²) in [4.78, 5) is 6.35. The maximum Gasteiger partial charge on any atom is 0.186 e. The molecule has 0 atom stereocenters. The Morgan fingerprint density at radius 3 is 2.35 bits per heavy atom. The van der Waals surface area contributed by atoms with Gasteiger partial charge >= 0.3 is 0 Å². The molecule has 0 saturated heterocycles. The third-order valence-corrected chi connectivity index (χ3v) is 2.85. The fraction of sp³-hybridized carbons (Fsp3) is 0.462. The maximum atomic E-state index is 5.36. The minimum absolute atomic E-state index is 0.136. The summed E-state index contributed by atoms with van der Waals surface area (Å²) in [6.07, 6.45) is 0. The lowest BCUT2D eigenvalue weighted by atomic mass is 10.1. The van der Waals surface area contributed by atoms with Gasteiger partial charge in [0.15, 0.2) is 5.96 Å². The predicted octanol–water partition coefficient (Wildman–Crippen LogP) is 1.30. The molecule has 0 radical (unpaired) electrons. The molecule has 1 rings (SSSR count). The summed E-state index contributed by atoms with van der Waals surface area (Å²) in [6.45, 7) is 5.82. The first-order chi connectivity index (χ1) is 8.00. The van der Waals surface area contributed by atoms with E-state index in [4.69, 9.17) is 11.5 Å². The van der Waals surface area contributed by atoms with Gasteiger partial charge in [0.2, 0.25) is 0 Å². The smallest absolute Gasteiger partial charge is 0.186 e. The molecule has 0 bridgehead atoms. The molecule has 0 amide bonds. The van der Waals surface area contributed by atoms with Crippen molar-refractivity contribution in [2.24, 2.45) is 16.5 Å². The summed E-state index contributed by atoms with van der Waals surface area (Å²) >= 11 is 0. The molecule has 4 N–H and O–H groups in total. The second-order valence-corrected chi connectivity index (χ2v) is 4.52. The maximum absolute atomic E-state index is 5.36. The van der Waals surface area contributed by atoms with Gasteiger partial charge in [-0.25, -0.2) is 4.99 Å². The lowest BCUT2D eigenvalue weighted by Crippen LogP contribution is -2.26. The van der Waals surface area contributed by atoms with Crippen LogP contribution >= 0.6 is 0 Å². The average molecular weight is 234 g/mol.